The van der Waals surface area contributed by atoms with Gasteiger partial charge in [-0.25, -0.2) is 0 Å². The Labute approximate surface area is 86.8 Å². The first kappa shape index (κ1) is 11.3. The fourth-order valence-corrected chi connectivity index (χ4v) is 1.49. The average Bonchev–Trinajstić information content (AvgIpc) is 2.27. The van der Waals surface area contributed by atoms with E-state index < -0.39 is 0 Å². The lowest BCUT2D eigenvalue weighted by atomic mass is 9.94. The molecule has 78 valence electrons. The molecule has 0 spiro atoms. The lowest BCUT2D eigenvalue weighted by molar-refractivity contribution is 0.273. The first-order valence-corrected chi connectivity index (χ1v) is 5.39. The molecule has 14 heavy (non-hydrogen) atoms. The van der Waals surface area contributed by atoms with E-state index in [9.17, 15) is 0 Å². The molecule has 0 fully saturated rings. The Hall–Kier alpha value is -0.820. The van der Waals surface area contributed by atoms with Gasteiger partial charge in [-0.3, -0.25) is 0 Å². The zero-order chi connectivity index (χ0) is 10.6. The van der Waals surface area contributed by atoms with Crippen molar-refractivity contribution in [1.82, 2.24) is 0 Å². The van der Waals surface area contributed by atoms with Gasteiger partial charge in [-0.15, -0.1) is 0 Å². The van der Waals surface area contributed by atoms with Crippen LogP contribution in [0.15, 0.2) is 24.3 Å². The van der Waals surface area contributed by atoms with Gasteiger partial charge < -0.3 is 5.11 Å². The predicted octanol–water partition coefficient (Wildman–Crippen LogP) is 3.30. The Kier molecular flexibility index (Phi) is 4.15. The Bertz CT molecular complexity index is 234. The molecule has 0 radical (unpaired) electrons. The molecule has 2 atom stereocenters. The van der Waals surface area contributed by atoms with Gasteiger partial charge in [0, 0.05) is 12.5 Å². The van der Waals surface area contributed by atoms with E-state index in [0.29, 0.717) is 5.92 Å². The molecule has 1 aromatic rings. The molecule has 1 N–H and O–H groups in total. The summed E-state index contributed by atoms with van der Waals surface area (Å²) in [5.74, 6) is 0.884. The van der Waals surface area contributed by atoms with E-state index in [1.165, 1.54) is 17.5 Å². The summed E-state index contributed by atoms with van der Waals surface area (Å²) in [5, 5.41) is 9.01. The van der Waals surface area contributed by atoms with Gasteiger partial charge in [0.1, 0.15) is 0 Å². The van der Waals surface area contributed by atoms with Crippen molar-refractivity contribution < 1.29 is 5.11 Å². The second kappa shape index (κ2) is 5.16. The second-order valence-corrected chi connectivity index (χ2v) is 4.06. The fourth-order valence-electron chi connectivity index (χ4n) is 1.49. The molecule has 0 heterocycles. The zero-order valence-corrected chi connectivity index (χ0v) is 9.33. The summed E-state index contributed by atoms with van der Waals surface area (Å²) in [4.78, 5) is 0. The third-order valence-corrected chi connectivity index (χ3v) is 2.96. The summed E-state index contributed by atoms with van der Waals surface area (Å²) in [6.07, 6.45) is 1.18. The maximum absolute atomic E-state index is 9.01. The highest BCUT2D eigenvalue weighted by Gasteiger charge is 2.05. The molecule has 1 rings (SSSR count). The van der Waals surface area contributed by atoms with E-state index in [0.717, 1.165) is 0 Å². The van der Waals surface area contributed by atoms with Crippen molar-refractivity contribution in [3.8, 4) is 0 Å². The van der Waals surface area contributed by atoms with Crippen molar-refractivity contribution in [1.29, 1.82) is 0 Å². The molecule has 0 saturated heterocycles. The molecule has 0 aliphatic carbocycles. The van der Waals surface area contributed by atoms with Crippen LogP contribution in [-0.4, -0.2) is 11.7 Å². The van der Waals surface area contributed by atoms with Gasteiger partial charge in [0.15, 0.2) is 0 Å². The third-order valence-electron chi connectivity index (χ3n) is 2.96. The molecule has 0 amide bonds. The lowest BCUT2D eigenvalue weighted by Gasteiger charge is -2.12. The first-order valence-electron chi connectivity index (χ1n) is 5.39. The van der Waals surface area contributed by atoms with Crippen LogP contribution in [0.4, 0.5) is 0 Å². The number of rotatable bonds is 4. The highest BCUT2D eigenvalue weighted by Crippen LogP contribution is 2.21. The molecule has 0 aliphatic rings. The molecular formula is C13H20O. The smallest absolute Gasteiger partial charge is 0.0497 e. The Morgan fingerprint density at radius 3 is 1.79 bits per heavy atom. The average molecular weight is 192 g/mol. The van der Waals surface area contributed by atoms with Crippen LogP contribution >= 0.6 is 0 Å². The summed E-state index contributed by atoms with van der Waals surface area (Å²) in [7, 11) is 0. The SMILES string of the molecule is CCC(C)c1ccc(C(C)CO)cc1. The molecule has 1 heteroatoms. The van der Waals surface area contributed by atoms with Gasteiger partial charge in [-0.05, 0) is 23.5 Å². The van der Waals surface area contributed by atoms with Crippen LogP contribution in [0.2, 0.25) is 0 Å². The van der Waals surface area contributed by atoms with E-state index >= 15 is 0 Å². The molecule has 1 nitrogen and oxygen atoms in total. The Morgan fingerprint density at radius 1 is 1.00 bits per heavy atom. The molecule has 2 unspecified atom stereocenters. The maximum atomic E-state index is 9.01. The van der Waals surface area contributed by atoms with E-state index in [1.54, 1.807) is 0 Å². The van der Waals surface area contributed by atoms with E-state index in [4.69, 9.17) is 5.11 Å². The summed E-state index contributed by atoms with van der Waals surface area (Å²) in [6, 6.07) is 8.61. The monoisotopic (exact) mass is 192 g/mol. The summed E-state index contributed by atoms with van der Waals surface area (Å²) in [5.41, 5.74) is 2.61. The van der Waals surface area contributed by atoms with E-state index in [-0.39, 0.29) is 12.5 Å². The number of hydrogen-bond acceptors (Lipinski definition) is 1. The second-order valence-electron chi connectivity index (χ2n) is 4.06. The van der Waals surface area contributed by atoms with E-state index in [1.807, 2.05) is 6.92 Å². The van der Waals surface area contributed by atoms with Crippen molar-refractivity contribution in [3.63, 3.8) is 0 Å². The highest BCUT2D eigenvalue weighted by atomic mass is 16.3. The van der Waals surface area contributed by atoms with Crippen LogP contribution in [0.25, 0.3) is 0 Å². The van der Waals surface area contributed by atoms with Crippen LogP contribution in [-0.2, 0) is 0 Å². The van der Waals surface area contributed by atoms with Crippen molar-refractivity contribution in [2.75, 3.05) is 6.61 Å². The molecule has 0 aromatic heterocycles. The summed E-state index contributed by atoms with van der Waals surface area (Å²) < 4.78 is 0. The summed E-state index contributed by atoms with van der Waals surface area (Å²) in [6.45, 7) is 6.71. The normalized spacial score (nSPS) is 15.1. The third kappa shape index (κ3) is 2.58. The molecule has 1 aromatic carbocycles. The highest BCUT2D eigenvalue weighted by molar-refractivity contribution is 5.27. The van der Waals surface area contributed by atoms with Crippen LogP contribution in [0, 0.1) is 0 Å². The summed E-state index contributed by atoms with van der Waals surface area (Å²) >= 11 is 0. The van der Waals surface area contributed by atoms with Gasteiger partial charge >= 0.3 is 0 Å². The van der Waals surface area contributed by atoms with Gasteiger partial charge in [0.05, 0.1) is 0 Å². The molecular weight excluding hydrogens is 172 g/mol. The van der Waals surface area contributed by atoms with Crippen molar-refractivity contribution >= 4 is 0 Å². The maximum Gasteiger partial charge on any atom is 0.0497 e. The first-order chi connectivity index (χ1) is 6.69. The van der Waals surface area contributed by atoms with Gasteiger partial charge in [-0.1, -0.05) is 45.0 Å². The lowest BCUT2D eigenvalue weighted by Crippen LogP contribution is -1.99. The largest absolute Gasteiger partial charge is 0.396 e. The Morgan fingerprint density at radius 2 is 1.43 bits per heavy atom. The molecule has 0 aliphatic heterocycles. The molecule has 0 bridgehead atoms. The van der Waals surface area contributed by atoms with Gasteiger partial charge in [-0.2, -0.15) is 0 Å². The zero-order valence-electron chi connectivity index (χ0n) is 9.33. The van der Waals surface area contributed by atoms with Gasteiger partial charge in [0.25, 0.3) is 0 Å². The standard InChI is InChI=1S/C13H20O/c1-4-10(2)12-5-7-13(8-6-12)11(3)9-14/h5-8,10-11,14H,4,9H2,1-3H3. The minimum atomic E-state index is 0.225. The predicted molar refractivity (Wildman–Crippen MR) is 60.6 cm³/mol. The topological polar surface area (TPSA) is 20.2 Å². The van der Waals surface area contributed by atoms with Crippen LogP contribution in [0.5, 0.6) is 0 Å². The number of hydrogen-bond donors (Lipinski definition) is 1. The van der Waals surface area contributed by atoms with E-state index in [2.05, 4.69) is 38.1 Å². The van der Waals surface area contributed by atoms with Crippen LogP contribution < -0.4 is 0 Å². The van der Waals surface area contributed by atoms with Crippen molar-refractivity contribution in [3.05, 3.63) is 35.4 Å². The van der Waals surface area contributed by atoms with Gasteiger partial charge in [0.2, 0.25) is 0 Å². The number of aliphatic hydroxyl groups excluding tert-OH is 1. The van der Waals surface area contributed by atoms with Crippen LogP contribution in [0.1, 0.15) is 50.2 Å². The minimum Gasteiger partial charge on any atom is -0.396 e. The van der Waals surface area contributed by atoms with Crippen molar-refractivity contribution in [2.45, 2.75) is 39.0 Å². The number of aliphatic hydroxyl groups is 1. The minimum absolute atomic E-state index is 0.225. The fraction of sp³-hybridized carbons (Fsp3) is 0.538. The Balaban J connectivity index is 2.78. The quantitative estimate of drug-likeness (QED) is 0.776. The molecule has 0 saturated carbocycles. The van der Waals surface area contributed by atoms with Crippen LogP contribution in [0.3, 0.4) is 0 Å². The number of benzene rings is 1. The van der Waals surface area contributed by atoms with Crippen molar-refractivity contribution in [2.24, 2.45) is 0 Å².